The van der Waals surface area contributed by atoms with Gasteiger partial charge < -0.3 is 4.42 Å². The molecule has 0 N–H and O–H groups in total. The van der Waals surface area contributed by atoms with Crippen LogP contribution in [0.25, 0.3) is 86.6 Å². The van der Waals surface area contributed by atoms with Crippen LogP contribution in [0.1, 0.15) is 5.56 Å². The normalized spacial score (nSPS) is 11.5. The van der Waals surface area contributed by atoms with Crippen molar-refractivity contribution in [3.8, 4) is 50.6 Å². The third-order valence-corrected chi connectivity index (χ3v) is 10.0. The van der Waals surface area contributed by atoms with Crippen LogP contribution in [0.15, 0.2) is 156 Å². The maximum Gasteiger partial charge on any atom is 0.135 e. The molecule has 0 amide bonds. The lowest BCUT2D eigenvalue weighted by atomic mass is 9.88. The lowest BCUT2D eigenvalue weighted by molar-refractivity contribution is 0.669. The van der Waals surface area contributed by atoms with E-state index in [0.29, 0.717) is 5.56 Å². The molecule has 2 aromatic heterocycles. The van der Waals surface area contributed by atoms with Gasteiger partial charge in [-0.2, -0.15) is 5.26 Å². The summed E-state index contributed by atoms with van der Waals surface area (Å²) in [6.45, 7) is 0. The number of fused-ring (bicyclic) bond motifs is 6. The molecule has 0 radical (unpaired) electrons. The zero-order valence-electron chi connectivity index (χ0n) is 24.7. The van der Waals surface area contributed by atoms with Crippen molar-refractivity contribution in [1.29, 1.82) is 5.26 Å². The van der Waals surface area contributed by atoms with Crippen molar-refractivity contribution in [3.63, 3.8) is 0 Å². The van der Waals surface area contributed by atoms with Crippen LogP contribution < -0.4 is 0 Å². The summed E-state index contributed by atoms with van der Waals surface area (Å²) >= 11 is 1.83. The summed E-state index contributed by atoms with van der Waals surface area (Å²) in [6.07, 6.45) is 0. The van der Waals surface area contributed by atoms with Crippen molar-refractivity contribution in [2.24, 2.45) is 0 Å². The molecule has 7 aromatic carbocycles. The van der Waals surface area contributed by atoms with Crippen LogP contribution in [-0.2, 0) is 0 Å². The summed E-state index contributed by atoms with van der Waals surface area (Å²) in [4.78, 5) is 0. The smallest absolute Gasteiger partial charge is 0.135 e. The number of furan rings is 1. The van der Waals surface area contributed by atoms with E-state index in [2.05, 4.69) is 115 Å². The number of para-hydroxylation sites is 1. The highest BCUT2D eigenvalue weighted by Gasteiger charge is 2.17. The summed E-state index contributed by atoms with van der Waals surface area (Å²) in [5.41, 5.74) is 11.1. The van der Waals surface area contributed by atoms with Crippen LogP contribution in [0.2, 0.25) is 0 Å². The molecule has 2 nitrogen and oxygen atoms in total. The van der Waals surface area contributed by atoms with Gasteiger partial charge in [0.2, 0.25) is 0 Å². The standard InChI is InChI=1S/C43H25NOS/c44-26-27-21-31(28-9-2-1-3-10-28)23-32(22-27)37-24-30(34-13-8-16-42-43(34)36-12-5-7-15-41(36)46-42)17-19-33(37)29-18-20-40-38(25-29)35-11-4-6-14-39(35)45-40/h1-25H. The second-order valence-corrected chi connectivity index (χ2v) is 12.7. The molecule has 0 aliphatic carbocycles. The molecule has 0 atom stereocenters. The molecule has 3 heteroatoms. The van der Waals surface area contributed by atoms with Gasteiger partial charge >= 0.3 is 0 Å². The molecule has 214 valence electrons. The average molecular weight is 604 g/mol. The van der Waals surface area contributed by atoms with Crippen LogP contribution >= 0.6 is 11.3 Å². The fourth-order valence-corrected chi connectivity index (χ4v) is 7.89. The summed E-state index contributed by atoms with van der Waals surface area (Å²) < 4.78 is 8.73. The molecule has 46 heavy (non-hydrogen) atoms. The van der Waals surface area contributed by atoms with E-state index < -0.39 is 0 Å². The zero-order valence-corrected chi connectivity index (χ0v) is 25.5. The van der Waals surface area contributed by atoms with Gasteiger partial charge in [0.15, 0.2) is 0 Å². The Balaban J connectivity index is 1.32. The molecule has 0 fully saturated rings. The molecular formula is C43H25NOS. The Morgan fingerprint density at radius 3 is 2.04 bits per heavy atom. The third-order valence-electron chi connectivity index (χ3n) is 8.90. The monoisotopic (exact) mass is 603 g/mol. The van der Waals surface area contributed by atoms with Crippen molar-refractivity contribution < 1.29 is 4.42 Å². The van der Waals surface area contributed by atoms with Gasteiger partial charge in [-0.25, -0.2) is 0 Å². The number of nitriles is 1. The minimum Gasteiger partial charge on any atom is -0.456 e. The molecular weight excluding hydrogens is 579 g/mol. The maximum absolute atomic E-state index is 10.1. The molecule has 0 bridgehead atoms. The summed E-state index contributed by atoms with van der Waals surface area (Å²) in [5, 5.41) is 14.9. The van der Waals surface area contributed by atoms with Crippen LogP contribution in [-0.4, -0.2) is 0 Å². The van der Waals surface area contributed by atoms with E-state index >= 15 is 0 Å². The summed E-state index contributed by atoms with van der Waals surface area (Å²) in [6, 6.07) is 55.6. The van der Waals surface area contributed by atoms with Crippen LogP contribution in [0.3, 0.4) is 0 Å². The highest BCUT2D eigenvalue weighted by molar-refractivity contribution is 7.25. The molecule has 0 saturated carbocycles. The Labute approximate surface area is 270 Å². The first-order valence-corrected chi connectivity index (χ1v) is 16.1. The summed E-state index contributed by atoms with van der Waals surface area (Å²) in [7, 11) is 0. The van der Waals surface area contributed by atoms with E-state index in [1.807, 2.05) is 53.8 Å². The Kier molecular flexibility index (Phi) is 6.09. The van der Waals surface area contributed by atoms with Crippen molar-refractivity contribution in [1.82, 2.24) is 0 Å². The van der Waals surface area contributed by atoms with E-state index in [-0.39, 0.29) is 0 Å². The first kappa shape index (κ1) is 26.5. The second-order valence-electron chi connectivity index (χ2n) is 11.6. The number of rotatable bonds is 4. The largest absolute Gasteiger partial charge is 0.456 e. The van der Waals surface area contributed by atoms with Gasteiger partial charge in [0.05, 0.1) is 11.6 Å². The van der Waals surface area contributed by atoms with Crippen molar-refractivity contribution >= 4 is 53.4 Å². The molecule has 9 aromatic rings. The van der Waals surface area contributed by atoms with E-state index in [1.165, 1.54) is 25.7 Å². The molecule has 0 spiro atoms. The third kappa shape index (κ3) is 4.31. The van der Waals surface area contributed by atoms with E-state index in [0.717, 1.165) is 60.9 Å². The molecule has 0 aliphatic rings. The molecule has 9 rings (SSSR count). The predicted molar refractivity (Wildman–Crippen MR) is 193 cm³/mol. The van der Waals surface area contributed by atoms with Crippen molar-refractivity contribution in [2.45, 2.75) is 0 Å². The van der Waals surface area contributed by atoms with Gasteiger partial charge in [0.1, 0.15) is 11.2 Å². The fraction of sp³-hybridized carbons (Fsp3) is 0. The molecule has 0 unspecified atom stereocenters. The van der Waals surface area contributed by atoms with Crippen LogP contribution in [0.4, 0.5) is 0 Å². The Morgan fingerprint density at radius 2 is 1.15 bits per heavy atom. The highest BCUT2D eigenvalue weighted by Crippen LogP contribution is 2.44. The highest BCUT2D eigenvalue weighted by atomic mass is 32.1. The van der Waals surface area contributed by atoms with E-state index in [4.69, 9.17) is 4.42 Å². The van der Waals surface area contributed by atoms with Crippen molar-refractivity contribution in [2.75, 3.05) is 0 Å². The minimum absolute atomic E-state index is 0.634. The summed E-state index contributed by atoms with van der Waals surface area (Å²) in [5.74, 6) is 0. The fourth-order valence-electron chi connectivity index (χ4n) is 6.76. The van der Waals surface area contributed by atoms with Gasteiger partial charge in [0, 0.05) is 30.9 Å². The van der Waals surface area contributed by atoms with Gasteiger partial charge in [-0.1, -0.05) is 97.1 Å². The topological polar surface area (TPSA) is 36.9 Å². The maximum atomic E-state index is 10.1. The number of nitrogens with zero attached hydrogens (tertiary/aromatic N) is 1. The lowest BCUT2D eigenvalue weighted by Crippen LogP contribution is -1.91. The number of hydrogen-bond acceptors (Lipinski definition) is 3. The SMILES string of the molecule is N#Cc1cc(-c2ccccc2)cc(-c2cc(-c3cccc4sc5ccccc5c34)ccc2-c2ccc3oc4ccccc4c3c2)c1. The van der Waals surface area contributed by atoms with Gasteiger partial charge in [-0.3, -0.25) is 0 Å². The number of benzene rings is 7. The number of hydrogen-bond donors (Lipinski definition) is 0. The predicted octanol–water partition coefficient (Wildman–Crippen LogP) is 12.5. The van der Waals surface area contributed by atoms with Crippen LogP contribution in [0, 0.1) is 11.3 Å². The van der Waals surface area contributed by atoms with E-state index in [9.17, 15) is 5.26 Å². The molecule has 2 heterocycles. The van der Waals surface area contributed by atoms with Crippen LogP contribution in [0.5, 0.6) is 0 Å². The Morgan fingerprint density at radius 1 is 0.435 bits per heavy atom. The second kappa shape index (κ2) is 10.6. The minimum atomic E-state index is 0.634. The zero-order chi connectivity index (χ0) is 30.6. The first-order valence-electron chi connectivity index (χ1n) is 15.3. The van der Waals surface area contributed by atoms with E-state index in [1.54, 1.807) is 0 Å². The van der Waals surface area contributed by atoms with Gasteiger partial charge in [0.25, 0.3) is 0 Å². The molecule has 0 aliphatic heterocycles. The quantitative estimate of drug-likeness (QED) is 0.201. The van der Waals surface area contributed by atoms with Crippen molar-refractivity contribution in [3.05, 3.63) is 157 Å². The van der Waals surface area contributed by atoms with Gasteiger partial charge in [-0.15, -0.1) is 11.3 Å². The first-order chi connectivity index (χ1) is 22.7. The average Bonchev–Trinajstić information content (AvgIpc) is 3.69. The number of thiophene rings is 1. The Hall–Kier alpha value is -5.95. The molecule has 0 saturated heterocycles. The lowest BCUT2D eigenvalue weighted by Gasteiger charge is -2.16. The van der Waals surface area contributed by atoms with Gasteiger partial charge in [-0.05, 0) is 99.1 Å². The Bertz CT molecular complexity index is 2650.